The molecule has 0 bridgehead atoms. The summed E-state index contributed by atoms with van der Waals surface area (Å²) in [5.74, 6) is -0.261. The number of amides is 2. The van der Waals surface area contributed by atoms with Crippen molar-refractivity contribution in [2.75, 3.05) is 61.4 Å². The van der Waals surface area contributed by atoms with Gasteiger partial charge < -0.3 is 34.8 Å². The van der Waals surface area contributed by atoms with Gasteiger partial charge in [0.1, 0.15) is 5.60 Å². The number of likely N-dealkylation sites (tertiary alicyclic amines) is 1. The minimum absolute atomic E-state index is 0.0672. The number of aromatic nitrogens is 2. The second kappa shape index (κ2) is 11.1. The third-order valence-electron chi connectivity index (χ3n) is 5.89. The summed E-state index contributed by atoms with van der Waals surface area (Å²) >= 11 is 0. The van der Waals surface area contributed by atoms with Crippen molar-refractivity contribution in [3.63, 3.8) is 0 Å². The van der Waals surface area contributed by atoms with E-state index in [-0.39, 0.29) is 23.9 Å². The van der Waals surface area contributed by atoms with Crippen LogP contribution in [0.15, 0.2) is 30.5 Å². The van der Waals surface area contributed by atoms with Gasteiger partial charge in [0.05, 0.1) is 18.8 Å². The Kier molecular flexibility index (Phi) is 7.84. The van der Waals surface area contributed by atoms with Crippen LogP contribution in [0.4, 0.5) is 37.1 Å². The van der Waals surface area contributed by atoms with E-state index < -0.39 is 17.5 Å². The fourth-order valence-corrected chi connectivity index (χ4v) is 4.04. The summed E-state index contributed by atoms with van der Waals surface area (Å²) in [6.45, 7) is 10.9. The first-order chi connectivity index (χ1) is 17.6. The van der Waals surface area contributed by atoms with E-state index in [0.29, 0.717) is 45.9 Å². The van der Waals surface area contributed by atoms with Gasteiger partial charge in [-0.2, -0.15) is 4.98 Å². The van der Waals surface area contributed by atoms with Gasteiger partial charge >= 0.3 is 12.2 Å². The molecule has 3 heterocycles. The Labute approximate surface area is 215 Å². The zero-order chi connectivity index (χ0) is 26.6. The molecule has 4 rings (SSSR count). The maximum atomic E-state index is 14.4. The number of hydrogen-bond acceptors (Lipinski definition) is 9. The summed E-state index contributed by atoms with van der Waals surface area (Å²) in [5, 5.41) is 6.17. The lowest BCUT2D eigenvalue weighted by molar-refractivity contribution is 0.0104. The van der Waals surface area contributed by atoms with E-state index in [1.165, 1.54) is 0 Å². The number of nitrogens with zero attached hydrogens (tertiary/aromatic N) is 5. The van der Waals surface area contributed by atoms with Gasteiger partial charge in [-0.25, -0.2) is 19.0 Å². The topological polar surface area (TPSA) is 112 Å². The molecule has 2 amide bonds. The molecular formula is C25H34FN7O4. The van der Waals surface area contributed by atoms with Gasteiger partial charge in [0.2, 0.25) is 5.95 Å². The second-order valence-electron chi connectivity index (χ2n) is 9.97. The molecule has 0 atom stereocenters. The van der Waals surface area contributed by atoms with Crippen molar-refractivity contribution in [1.82, 2.24) is 19.8 Å². The van der Waals surface area contributed by atoms with Crippen molar-refractivity contribution in [2.45, 2.75) is 39.3 Å². The third kappa shape index (κ3) is 6.89. The standard InChI is InChI=1S/C25H34FN7O4/c1-5-36-23(34)32-11-9-31(10-12-32)19-8-6-7-17(13-19)29-22-27-14-20(26)21(30-22)28-18-15-33(16-18)24(35)37-25(2,3)4/h6-8,13-14,18H,5,9-12,15-16H2,1-4H3,(H2,27,28,29,30). The largest absolute Gasteiger partial charge is 0.450 e. The number of nitrogens with one attached hydrogen (secondary N) is 2. The smallest absolute Gasteiger partial charge is 0.410 e. The number of carbonyl (C=O) groups excluding carboxylic acids is 2. The molecule has 12 heteroatoms. The molecule has 2 N–H and O–H groups in total. The molecule has 1 aromatic carbocycles. The Morgan fingerprint density at radius 2 is 1.84 bits per heavy atom. The highest BCUT2D eigenvalue weighted by Gasteiger charge is 2.34. The SMILES string of the molecule is CCOC(=O)N1CCN(c2cccc(Nc3ncc(F)c(NC4CN(C(=O)OC(C)(C)C)C4)n3)c2)CC1. The van der Waals surface area contributed by atoms with Gasteiger partial charge in [-0.15, -0.1) is 0 Å². The Balaban J connectivity index is 1.33. The highest BCUT2D eigenvalue weighted by atomic mass is 19.1. The lowest BCUT2D eigenvalue weighted by Gasteiger charge is -2.40. The van der Waals surface area contributed by atoms with Crippen LogP contribution in [0.25, 0.3) is 0 Å². The first-order valence-corrected chi connectivity index (χ1v) is 12.4. The molecule has 1 aromatic heterocycles. The number of rotatable bonds is 6. The quantitative estimate of drug-likeness (QED) is 0.595. The first-order valence-electron chi connectivity index (χ1n) is 12.4. The summed E-state index contributed by atoms with van der Waals surface area (Å²) in [7, 11) is 0. The molecule has 0 saturated carbocycles. The van der Waals surface area contributed by atoms with Crippen LogP contribution in [0.3, 0.4) is 0 Å². The molecule has 0 spiro atoms. The maximum absolute atomic E-state index is 14.4. The number of halogens is 1. The summed E-state index contributed by atoms with van der Waals surface area (Å²) in [6.07, 6.45) is 0.439. The number of carbonyl (C=O) groups is 2. The zero-order valence-corrected chi connectivity index (χ0v) is 21.7. The van der Waals surface area contributed by atoms with Gasteiger partial charge in [0, 0.05) is 50.6 Å². The first kappa shape index (κ1) is 26.2. The van der Waals surface area contributed by atoms with Crippen LogP contribution in [0.2, 0.25) is 0 Å². The average molecular weight is 516 g/mol. The van der Waals surface area contributed by atoms with Crippen molar-refractivity contribution in [3.05, 3.63) is 36.3 Å². The fourth-order valence-electron chi connectivity index (χ4n) is 4.04. The zero-order valence-electron chi connectivity index (χ0n) is 21.7. The van der Waals surface area contributed by atoms with Crippen LogP contribution < -0.4 is 15.5 Å². The third-order valence-corrected chi connectivity index (χ3v) is 5.89. The number of piperazine rings is 1. The Bertz CT molecular complexity index is 1110. The molecule has 2 aliphatic heterocycles. The van der Waals surface area contributed by atoms with E-state index in [2.05, 4.69) is 25.5 Å². The van der Waals surface area contributed by atoms with Crippen molar-refractivity contribution >= 4 is 35.3 Å². The summed E-state index contributed by atoms with van der Waals surface area (Å²) in [6, 6.07) is 7.61. The van der Waals surface area contributed by atoms with E-state index in [9.17, 15) is 14.0 Å². The number of hydrogen-bond donors (Lipinski definition) is 2. The van der Waals surface area contributed by atoms with Gasteiger partial charge in [-0.1, -0.05) is 6.07 Å². The predicted molar refractivity (Wildman–Crippen MR) is 138 cm³/mol. The molecule has 11 nitrogen and oxygen atoms in total. The van der Waals surface area contributed by atoms with Crippen LogP contribution in [-0.4, -0.2) is 89.5 Å². The normalized spacial score (nSPS) is 16.2. The summed E-state index contributed by atoms with van der Waals surface area (Å²) < 4.78 is 24.8. The van der Waals surface area contributed by atoms with E-state index in [1.807, 2.05) is 45.0 Å². The van der Waals surface area contributed by atoms with Crippen molar-refractivity contribution in [1.29, 1.82) is 0 Å². The van der Waals surface area contributed by atoms with E-state index in [4.69, 9.17) is 9.47 Å². The highest BCUT2D eigenvalue weighted by molar-refractivity contribution is 5.70. The van der Waals surface area contributed by atoms with Crippen LogP contribution in [0.5, 0.6) is 0 Å². The average Bonchev–Trinajstić information content (AvgIpc) is 2.82. The van der Waals surface area contributed by atoms with Crippen LogP contribution in [0, 0.1) is 5.82 Å². The van der Waals surface area contributed by atoms with Gasteiger partial charge in [-0.05, 0) is 45.9 Å². The van der Waals surface area contributed by atoms with Crippen LogP contribution >= 0.6 is 0 Å². The second-order valence-corrected chi connectivity index (χ2v) is 9.97. The molecule has 2 aliphatic rings. The number of anilines is 4. The highest BCUT2D eigenvalue weighted by Crippen LogP contribution is 2.25. The summed E-state index contributed by atoms with van der Waals surface area (Å²) in [4.78, 5) is 37.9. The fraction of sp³-hybridized carbons (Fsp3) is 0.520. The monoisotopic (exact) mass is 515 g/mol. The van der Waals surface area contributed by atoms with Crippen molar-refractivity contribution in [3.8, 4) is 0 Å². The molecule has 37 heavy (non-hydrogen) atoms. The maximum Gasteiger partial charge on any atom is 0.410 e. The Morgan fingerprint density at radius 3 is 2.51 bits per heavy atom. The molecule has 2 aromatic rings. The predicted octanol–water partition coefficient (Wildman–Crippen LogP) is 3.67. The molecule has 0 aliphatic carbocycles. The summed E-state index contributed by atoms with van der Waals surface area (Å²) in [5.41, 5.74) is 1.18. The van der Waals surface area contributed by atoms with E-state index >= 15 is 0 Å². The van der Waals surface area contributed by atoms with Gasteiger partial charge in [-0.3, -0.25) is 0 Å². The molecule has 0 unspecified atom stereocenters. The van der Waals surface area contributed by atoms with Crippen molar-refractivity contribution < 1.29 is 23.5 Å². The van der Waals surface area contributed by atoms with E-state index in [0.717, 1.165) is 17.6 Å². The van der Waals surface area contributed by atoms with E-state index in [1.54, 1.807) is 16.7 Å². The molecule has 0 radical (unpaired) electrons. The molecule has 2 saturated heterocycles. The minimum atomic E-state index is -0.575. The van der Waals surface area contributed by atoms with Crippen LogP contribution in [0.1, 0.15) is 27.7 Å². The lowest BCUT2D eigenvalue weighted by Crippen LogP contribution is -2.58. The minimum Gasteiger partial charge on any atom is -0.450 e. The number of benzene rings is 1. The molecule has 200 valence electrons. The van der Waals surface area contributed by atoms with Crippen LogP contribution in [-0.2, 0) is 9.47 Å². The Morgan fingerprint density at radius 1 is 1.11 bits per heavy atom. The van der Waals surface area contributed by atoms with Crippen molar-refractivity contribution in [2.24, 2.45) is 0 Å². The number of ether oxygens (including phenoxy) is 2. The lowest BCUT2D eigenvalue weighted by atomic mass is 10.1. The Hall–Kier alpha value is -3.83. The van der Waals surface area contributed by atoms with Gasteiger partial charge in [0.15, 0.2) is 11.6 Å². The molecular weight excluding hydrogens is 481 g/mol. The van der Waals surface area contributed by atoms with Gasteiger partial charge in [0.25, 0.3) is 0 Å². The molecule has 2 fully saturated rings.